The van der Waals surface area contributed by atoms with Gasteiger partial charge >= 0.3 is 0 Å². The average molecular weight is 379 g/mol. The van der Waals surface area contributed by atoms with Crippen LogP contribution in [0.5, 0.6) is 0 Å². The molecular formula is C18H30N6OS. The predicted molar refractivity (Wildman–Crippen MR) is 109 cm³/mol. The minimum Gasteiger partial charge on any atom is -0.357 e. The van der Waals surface area contributed by atoms with Gasteiger partial charge in [-0.2, -0.15) is 11.8 Å². The van der Waals surface area contributed by atoms with Gasteiger partial charge in [0, 0.05) is 58.7 Å². The van der Waals surface area contributed by atoms with Crippen LogP contribution in [0.15, 0.2) is 22.2 Å². The second kappa shape index (κ2) is 9.30. The molecule has 1 aromatic heterocycles. The number of aromatic nitrogens is 2. The molecule has 26 heavy (non-hydrogen) atoms. The number of thioether (sulfide) groups is 1. The van der Waals surface area contributed by atoms with Crippen molar-refractivity contribution in [2.45, 2.75) is 19.8 Å². The minimum atomic E-state index is -0.0308. The van der Waals surface area contributed by atoms with E-state index in [4.69, 9.17) is 4.99 Å². The number of aliphatic imine (C=N–C) groups is 1. The topological polar surface area (TPSA) is 65.8 Å². The van der Waals surface area contributed by atoms with Crippen molar-refractivity contribution in [3.8, 4) is 0 Å². The van der Waals surface area contributed by atoms with Crippen LogP contribution >= 0.6 is 11.8 Å². The Labute approximate surface area is 159 Å². The van der Waals surface area contributed by atoms with Crippen molar-refractivity contribution in [3.63, 3.8) is 0 Å². The number of hydrogen-bond acceptors (Lipinski definition) is 5. The summed E-state index contributed by atoms with van der Waals surface area (Å²) in [6.07, 6.45) is 5.95. The summed E-state index contributed by atoms with van der Waals surface area (Å²) in [4.78, 5) is 25.9. The van der Waals surface area contributed by atoms with Gasteiger partial charge in [-0.3, -0.25) is 9.79 Å². The Morgan fingerprint density at radius 1 is 1.31 bits per heavy atom. The van der Waals surface area contributed by atoms with Gasteiger partial charge in [0.05, 0.1) is 0 Å². The Hall–Kier alpha value is -1.70. The van der Waals surface area contributed by atoms with Crippen molar-refractivity contribution in [2.24, 2.45) is 18.0 Å². The average Bonchev–Trinajstić information content (AvgIpc) is 2.68. The van der Waals surface area contributed by atoms with Gasteiger partial charge in [0.1, 0.15) is 0 Å². The molecule has 0 unspecified atom stereocenters. The summed E-state index contributed by atoms with van der Waals surface area (Å²) < 4.78 is 1.59. The van der Waals surface area contributed by atoms with E-state index >= 15 is 0 Å². The Kier molecular flexibility index (Phi) is 6.82. The summed E-state index contributed by atoms with van der Waals surface area (Å²) in [7, 11) is 1.77. The number of nitrogens with one attached hydrogen (secondary N) is 1. The number of guanidine groups is 1. The molecule has 8 heteroatoms. The highest BCUT2D eigenvalue weighted by Crippen LogP contribution is 2.22. The fourth-order valence-electron chi connectivity index (χ4n) is 3.40. The SMILES string of the molecule is CCNC(=NCC1CCSCC1)N1CCN(c2nccn(C)c2=O)CC1. The van der Waals surface area contributed by atoms with E-state index in [-0.39, 0.29) is 5.56 Å². The van der Waals surface area contributed by atoms with Gasteiger partial charge in [-0.25, -0.2) is 4.98 Å². The number of rotatable bonds is 4. The maximum absolute atomic E-state index is 12.3. The van der Waals surface area contributed by atoms with E-state index in [0.29, 0.717) is 5.82 Å². The molecule has 0 radical (unpaired) electrons. The third-order valence-electron chi connectivity index (χ3n) is 5.05. The molecule has 0 bridgehead atoms. The molecule has 1 N–H and O–H groups in total. The van der Waals surface area contributed by atoms with Crippen molar-refractivity contribution in [2.75, 3.05) is 55.7 Å². The smallest absolute Gasteiger partial charge is 0.293 e. The highest BCUT2D eigenvalue weighted by atomic mass is 32.2. The number of nitrogens with zero attached hydrogens (tertiary/aromatic N) is 5. The van der Waals surface area contributed by atoms with Gasteiger partial charge < -0.3 is 19.7 Å². The zero-order chi connectivity index (χ0) is 18.4. The maximum Gasteiger partial charge on any atom is 0.293 e. The molecule has 3 rings (SSSR count). The summed E-state index contributed by atoms with van der Waals surface area (Å²) in [6, 6.07) is 0. The van der Waals surface area contributed by atoms with E-state index in [2.05, 4.69) is 38.8 Å². The van der Waals surface area contributed by atoms with Crippen molar-refractivity contribution in [1.29, 1.82) is 0 Å². The largest absolute Gasteiger partial charge is 0.357 e. The van der Waals surface area contributed by atoms with Crippen LogP contribution in [0.3, 0.4) is 0 Å². The van der Waals surface area contributed by atoms with Crippen molar-refractivity contribution in [3.05, 3.63) is 22.7 Å². The summed E-state index contributed by atoms with van der Waals surface area (Å²) in [5, 5.41) is 3.44. The molecule has 2 aliphatic rings. The molecule has 2 fully saturated rings. The third-order valence-corrected chi connectivity index (χ3v) is 6.10. The van der Waals surface area contributed by atoms with Gasteiger partial charge in [-0.1, -0.05) is 0 Å². The van der Waals surface area contributed by atoms with E-state index in [0.717, 1.165) is 51.1 Å². The first-order valence-electron chi connectivity index (χ1n) is 9.56. The van der Waals surface area contributed by atoms with E-state index in [1.165, 1.54) is 24.3 Å². The fourth-order valence-corrected chi connectivity index (χ4v) is 4.61. The van der Waals surface area contributed by atoms with Crippen LogP contribution in [0, 0.1) is 5.92 Å². The molecule has 2 saturated heterocycles. The summed E-state index contributed by atoms with van der Waals surface area (Å²) >= 11 is 2.06. The number of hydrogen-bond donors (Lipinski definition) is 1. The first kappa shape index (κ1) is 19.1. The molecule has 0 aliphatic carbocycles. The monoisotopic (exact) mass is 378 g/mol. The van der Waals surface area contributed by atoms with Crippen LogP contribution in [0.4, 0.5) is 5.82 Å². The molecule has 1 aromatic rings. The first-order chi connectivity index (χ1) is 12.7. The van der Waals surface area contributed by atoms with Crippen LogP contribution in [0.2, 0.25) is 0 Å². The second-order valence-corrected chi connectivity index (χ2v) is 8.12. The van der Waals surface area contributed by atoms with Gasteiger partial charge in [0.15, 0.2) is 11.8 Å². The van der Waals surface area contributed by atoms with Gasteiger partial charge in [0.25, 0.3) is 5.56 Å². The lowest BCUT2D eigenvalue weighted by Gasteiger charge is -2.37. The highest BCUT2D eigenvalue weighted by Gasteiger charge is 2.23. The normalized spacial score (nSPS) is 19.7. The van der Waals surface area contributed by atoms with E-state index in [1.54, 1.807) is 24.0 Å². The number of piperazine rings is 1. The van der Waals surface area contributed by atoms with Gasteiger partial charge in [-0.05, 0) is 37.2 Å². The molecule has 7 nitrogen and oxygen atoms in total. The minimum absolute atomic E-state index is 0.0308. The molecule has 2 aliphatic heterocycles. The Morgan fingerprint density at radius 3 is 2.73 bits per heavy atom. The lowest BCUT2D eigenvalue weighted by Crippen LogP contribution is -2.53. The molecule has 0 spiro atoms. The van der Waals surface area contributed by atoms with Crippen molar-refractivity contribution in [1.82, 2.24) is 19.8 Å². The standard InChI is InChI=1S/C18H30N6OS/c1-3-19-18(21-14-15-4-12-26-13-5-15)24-10-8-23(9-11-24)16-17(25)22(2)7-6-20-16/h6-7,15H,3-5,8-14H2,1-2H3,(H,19,21). The van der Waals surface area contributed by atoms with E-state index in [1.807, 2.05) is 0 Å². The maximum atomic E-state index is 12.3. The van der Waals surface area contributed by atoms with Gasteiger partial charge in [0.2, 0.25) is 0 Å². The quantitative estimate of drug-likeness (QED) is 0.623. The molecule has 144 valence electrons. The van der Waals surface area contributed by atoms with Crippen molar-refractivity contribution < 1.29 is 0 Å². The van der Waals surface area contributed by atoms with Crippen molar-refractivity contribution >= 4 is 23.5 Å². The van der Waals surface area contributed by atoms with Crippen LogP contribution in [-0.2, 0) is 7.05 Å². The second-order valence-electron chi connectivity index (χ2n) is 6.89. The number of aryl methyl sites for hydroxylation is 1. The molecular weight excluding hydrogens is 348 g/mol. The Bertz CT molecular complexity index is 662. The van der Waals surface area contributed by atoms with Gasteiger partial charge in [-0.15, -0.1) is 0 Å². The molecule has 0 amide bonds. The molecule has 3 heterocycles. The van der Waals surface area contributed by atoms with E-state index < -0.39 is 0 Å². The molecule has 0 saturated carbocycles. The highest BCUT2D eigenvalue weighted by molar-refractivity contribution is 7.99. The van der Waals surface area contributed by atoms with E-state index in [9.17, 15) is 4.79 Å². The predicted octanol–water partition coefficient (Wildman–Crippen LogP) is 1.01. The van der Waals surface area contributed by atoms with Crippen LogP contribution < -0.4 is 15.8 Å². The Morgan fingerprint density at radius 2 is 2.04 bits per heavy atom. The first-order valence-corrected chi connectivity index (χ1v) is 10.7. The van der Waals surface area contributed by atoms with Crippen LogP contribution in [0.25, 0.3) is 0 Å². The molecule has 0 aromatic carbocycles. The zero-order valence-electron chi connectivity index (χ0n) is 15.9. The fraction of sp³-hybridized carbons (Fsp3) is 0.722. The number of anilines is 1. The lowest BCUT2D eigenvalue weighted by molar-refractivity contribution is 0.368. The van der Waals surface area contributed by atoms with Crippen LogP contribution in [-0.4, -0.2) is 71.2 Å². The Balaban J connectivity index is 1.60. The lowest BCUT2D eigenvalue weighted by atomic mass is 10.0. The molecule has 0 atom stereocenters. The summed E-state index contributed by atoms with van der Waals surface area (Å²) in [5.41, 5.74) is -0.0308. The summed E-state index contributed by atoms with van der Waals surface area (Å²) in [5.74, 6) is 4.83. The zero-order valence-corrected chi connectivity index (χ0v) is 16.7. The van der Waals surface area contributed by atoms with Crippen LogP contribution in [0.1, 0.15) is 19.8 Å². The third kappa shape index (κ3) is 4.72. The summed E-state index contributed by atoms with van der Waals surface area (Å²) in [6.45, 7) is 7.19.